The van der Waals surface area contributed by atoms with E-state index in [0.29, 0.717) is 19.2 Å². The molecule has 1 aromatic heterocycles. The number of hydrogen-bond donors (Lipinski definition) is 1. The van der Waals surface area contributed by atoms with Crippen molar-refractivity contribution in [2.45, 2.75) is 57.2 Å². The minimum Gasteiger partial charge on any atom is -0.366 e. The normalized spacial score (nSPS) is 24.9. The van der Waals surface area contributed by atoms with Crippen LogP contribution in [-0.2, 0) is 16.1 Å². The van der Waals surface area contributed by atoms with E-state index >= 15 is 0 Å². The van der Waals surface area contributed by atoms with Gasteiger partial charge in [-0.05, 0) is 31.7 Å². The Bertz CT molecular complexity index is 614. The maximum Gasteiger partial charge on any atom is 0.250 e. The van der Waals surface area contributed by atoms with Crippen LogP contribution in [0.4, 0.5) is 5.95 Å². The quantitative estimate of drug-likeness (QED) is 0.855. The van der Waals surface area contributed by atoms with Gasteiger partial charge in [-0.2, -0.15) is 0 Å². The third kappa shape index (κ3) is 4.32. The maximum atomic E-state index is 12.5. The molecule has 0 spiro atoms. The monoisotopic (exact) mass is 359 g/mol. The average Bonchev–Trinajstić information content (AvgIpc) is 3.36. The van der Waals surface area contributed by atoms with E-state index in [0.717, 1.165) is 50.7 Å². The highest BCUT2D eigenvalue weighted by molar-refractivity contribution is 5.81. The van der Waals surface area contributed by atoms with Gasteiger partial charge in [-0.15, -0.1) is 0 Å². The number of morpholine rings is 1. The first-order valence-corrected chi connectivity index (χ1v) is 9.99. The molecular formula is C19H29N5O2. The summed E-state index contributed by atoms with van der Waals surface area (Å²) in [4.78, 5) is 26.2. The Balaban J connectivity index is 1.33. The van der Waals surface area contributed by atoms with Crippen molar-refractivity contribution in [3.05, 3.63) is 18.0 Å². The van der Waals surface area contributed by atoms with Crippen LogP contribution in [0.15, 0.2) is 12.3 Å². The van der Waals surface area contributed by atoms with Crippen molar-refractivity contribution in [1.29, 1.82) is 0 Å². The minimum atomic E-state index is -0.371. The molecule has 0 bridgehead atoms. The standard InChI is InChI=1S/C19H29N5O2/c25-18(21-15-5-1-2-6-15)17-14-23(11-12-26-17)13-16-7-8-20-19(22-16)24-9-3-4-10-24/h7-8,15,17H,1-6,9-14H2,(H,21,25). The van der Waals surface area contributed by atoms with Gasteiger partial charge in [0.25, 0.3) is 5.91 Å². The predicted molar refractivity (Wildman–Crippen MR) is 98.9 cm³/mol. The van der Waals surface area contributed by atoms with Gasteiger partial charge in [0.1, 0.15) is 6.10 Å². The van der Waals surface area contributed by atoms with Crippen molar-refractivity contribution in [1.82, 2.24) is 20.2 Å². The molecule has 1 aromatic rings. The van der Waals surface area contributed by atoms with Crippen LogP contribution in [0.25, 0.3) is 0 Å². The van der Waals surface area contributed by atoms with Gasteiger partial charge in [-0.1, -0.05) is 12.8 Å². The van der Waals surface area contributed by atoms with Crippen molar-refractivity contribution < 1.29 is 9.53 Å². The second-order valence-electron chi connectivity index (χ2n) is 7.63. The molecule has 1 aliphatic carbocycles. The average molecular weight is 359 g/mol. The van der Waals surface area contributed by atoms with Gasteiger partial charge < -0.3 is 15.0 Å². The Hall–Kier alpha value is -1.73. The molecule has 7 nitrogen and oxygen atoms in total. The molecule has 4 rings (SSSR count). The number of nitrogens with one attached hydrogen (secondary N) is 1. The summed E-state index contributed by atoms with van der Waals surface area (Å²) < 4.78 is 5.73. The van der Waals surface area contributed by atoms with Crippen molar-refractivity contribution in [2.75, 3.05) is 37.7 Å². The SMILES string of the molecule is O=C(NC1CCCC1)C1CN(Cc2ccnc(N3CCCC3)n2)CCO1. The highest BCUT2D eigenvalue weighted by Crippen LogP contribution is 2.19. The number of aromatic nitrogens is 2. The highest BCUT2D eigenvalue weighted by Gasteiger charge is 2.29. The van der Waals surface area contributed by atoms with E-state index in [1.807, 2.05) is 12.3 Å². The lowest BCUT2D eigenvalue weighted by atomic mass is 10.2. The van der Waals surface area contributed by atoms with Gasteiger partial charge in [-0.25, -0.2) is 9.97 Å². The highest BCUT2D eigenvalue weighted by atomic mass is 16.5. The van der Waals surface area contributed by atoms with Gasteiger partial charge in [0.15, 0.2) is 0 Å². The summed E-state index contributed by atoms with van der Waals surface area (Å²) in [5, 5.41) is 3.16. The van der Waals surface area contributed by atoms with Crippen LogP contribution >= 0.6 is 0 Å². The molecule has 2 saturated heterocycles. The Labute approximate surface area is 155 Å². The Morgan fingerprint density at radius 2 is 2.00 bits per heavy atom. The van der Waals surface area contributed by atoms with E-state index in [1.165, 1.54) is 25.7 Å². The first-order chi connectivity index (χ1) is 12.8. The number of anilines is 1. The third-order valence-electron chi connectivity index (χ3n) is 5.62. The molecule has 1 atom stereocenters. The number of hydrogen-bond acceptors (Lipinski definition) is 6. The number of nitrogens with zero attached hydrogens (tertiary/aromatic N) is 4. The van der Waals surface area contributed by atoms with E-state index < -0.39 is 0 Å². The molecule has 2 aliphatic heterocycles. The molecule has 3 heterocycles. The van der Waals surface area contributed by atoms with Crippen LogP contribution < -0.4 is 10.2 Å². The van der Waals surface area contributed by atoms with Gasteiger partial charge in [0, 0.05) is 45.0 Å². The number of rotatable bonds is 5. The first-order valence-electron chi connectivity index (χ1n) is 9.99. The zero-order valence-corrected chi connectivity index (χ0v) is 15.4. The van der Waals surface area contributed by atoms with Crippen LogP contribution in [0.5, 0.6) is 0 Å². The summed E-state index contributed by atoms with van der Waals surface area (Å²) >= 11 is 0. The van der Waals surface area contributed by atoms with Gasteiger partial charge in [0.2, 0.25) is 5.95 Å². The summed E-state index contributed by atoms with van der Waals surface area (Å²) in [6.07, 6.45) is 8.55. The largest absolute Gasteiger partial charge is 0.366 e. The lowest BCUT2D eigenvalue weighted by Gasteiger charge is -2.32. The molecule has 142 valence electrons. The van der Waals surface area contributed by atoms with Gasteiger partial charge in [0.05, 0.1) is 12.3 Å². The summed E-state index contributed by atoms with van der Waals surface area (Å²) in [5.41, 5.74) is 1.01. The fourth-order valence-corrected chi connectivity index (χ4v) is 4.14. The number of ether oxygens (including phenoxy) is 1. The van der Waals surface area contributed by atoms with Gasteiger partial charge in [-0.3, -0.25) is 9.69 Å². The molecule has 0 aromatic carbocycles. The molecule has 7 heteroatoms. The van der Waals surface area contributed by atoms with E-state index in [9.17, 15) is 4.79 Å². The van der Waals surface area contributed by atoms with Crippen LogP contribution in [-0.4, -0.2) is 65.7 Å². The van der Waals surface area contributed by atoms with Crippen molar-refractivity contribution >= 4 is 11.9 Å². The zero-order valence-electron chi connectivity index (χ0n) is 15.4. The Kier molecular flexibility index (Phi) is 5.65. The van der Waals surface area contributed by atoms with Crippen molar-refractivity contribution in [2.24, 2.45) is 0 Å². The minimum absolute atomic E-state index is 0.0436. The zero-order chi connectivity index (χ0) is 17.8. The molecule has 0 radical (unpaired) electrons. The summed E-state index contributed by atoms with van der Waals surface area (Å²) in [7, 11) is 0. The fraction of sp³-hybridized carbons (Fsp3) is 0.737. The number of amides is 1. The smallest absolute Gasteiger partial charge is 0.250 e. The third-order valence-corrected chi connectivity index (χ3v) is 5.62. The second kappa shape index (κ2) is 8.31. The second-order valence-corrected chi connectivity index (χ2v) is 7.63. The molecule has 3 aliphatic rings. The van der Waals surface area contributed by atoms with Crippen molar-refractivity contribution in [3.8, 4) is 0 Å². The predicted octanol–water partition coefficient (Wildman–Crippen LogP) is 1.34. The number of carbonyl (C=O) groups excluding carboxylic acids is 1. The maximum absolute atomic E-state index is 12.5. The van der Waals surface area contributed by atoms with E-state index in [4.69, 9.17) is 9.72 Å². The van der Waals surface area contributed by atoms with E-state index in [-0.39, 0.29) is 12.0 Å². The van der Waals surface area contributed by atoms with Crippen LogP contribution in [0.3, 0.4) is 0 Å². The van der Waals surface area contributed by atoms with Crippen LogP contribution in [0.2, 0.25) is 0 Å². The van der Waals surface area contributed by atoms with Crippen LogP contribution in [0.1, 0.15) is 44.2 Å². The number of carbonyl (C=O) groups is 1. The lowest BCUT2D eigenvalue weighted by molar-refractivity contribution is -0.139. The molecule has 1 saturated carbocycles. The first kappa shape index (κ1) is 17.7. The molecule has 3 fully saturated rings. The van der Waals surface area contributed by atoms with Crippen LogP contribution in [0, 0.1) is 0 Å². The topological polar surface area (TPSA) is 70.6 Å². The molecule has 1 unspecified atom stereocenters. The van der Waals surface area contributed by atoms with Crippen molar-refractivity contribution in [3.63, 3.8) is 0 Å². The molecule has 1 N–H and O–H groups in total. The summed E-state index contributed by atoms with van der Waals surface area (Å²) in [5.74, 6) is 0.880. The van der Waals surface area contributed by atoms with E-state index in [1.54, 1.807) is 0 Å². The van der Waals surface area contributed by atoms with Gasteiger partial charge >= 0.3 is 0 Å². The summed E-state index contributed by atoms with van der Waals surface area (Å²) in [6, 6.07) is 2.31. The summed E-state index contributed by atoms with van der Waals surface area (Å²) in [6.45, 7) is 4.87. The Morgan fingerprint density at radius 3 is 2.81 bits per heavy atom. The lowest BCUT2D eigenvalue weighted by Crippen LogP contribution is -2.51. The van der Waals surface area contributed by atoms with E-state index in [2.05, 4.69) is 20.1 Å². The molecular weight excluding hydrogens is 330 g/mol. The molecule has 26 heavy (non-hydrogen) atoms. The Morgan fingerprint density at radius 1 is 1.19 bits per heavy atom. The fourth-order valence-electron chi connectivity index (χ4n) is 4.14. The molecule has 1 amide bonds.